The molecule has 0 spiro atoms. The Bertz CT molecular complexity index is 1580. The predicted molar refractivity (Wildman–Crippen MR) is 161 cm³/mol. The maximum Gasteiger partial charge on any atom is 0.256 e. The van der Waals surface area contributed by atoms with Crippen molar-refractivity contribution in [1.82, 2.24) is 24.6 Å². The zero-order chi connectivity index (χ0) is 29.6. The van der Waals surface area contributed by atoms with E-state index < -0.39 is 5.91 Å². The van der Waals surface area contributed by atoms with Gasteiger partial charge in [0.05, 0.1) is 26.0 Å². The van der Waals surface area contributed by atoms with Crippen molar-refractivity contribution in [3.05, 3.63) is 81.4 Å². The number of halogens is 2. The molecule has 0 aliphatic carbocycles. The molecular weight excluding hydrogens is 581 g/mol. The second-order valence-electron chi connectivity index (χ2n) is 9.72. The van der Waals surface area contributed by atoms with Crippen molar-refractivity contribution in [2.24, 2.45) is 5.73 Å². The zero-order valence-electron chi connectivity index (χ0n) is 23.0. The molecule has 0 saturated carbocycles. The number of aromatic nitrogens is 3. The minimum atomic E-state index is -0.712. The average Bonchev–Trinajstić information content (AvgIpc) is 3.47. The van der Waals surface area contributed by atoms with E-state index >= 15 is 0 Å². The van der Waals surface area contributed by atoms with Crippen LogP contribution in [0.1, 0.15) is 38.5 Å². The Morgan fingerprint density at radius 1 is 1.14 bits per heavy atom. The number of anilines is 2. The van der Waals surface area contributed by atoms with Crippen molar-refractivity contribution in [2.75, 3.05) is 51.8 Å². The van der Waals surface area contributed by atoms with Crippen LogP contribution in [0.2, 0.25) is 10.0 Å². The number of nitrogens with zero attached hydrogens (tertiary/aromatic N) is 4. The first-order valence-electron chi connectivity index (χ1n) is 13.5. The maximum absolute atomic E-state index is 12.8. The van der Waals surface area contributed by atoms with E-state index in [1.54, 1.807) is 53.2 Å². The first kappa shape index (κ1) is 29.6. The van der Waals surface area contributed by atoms with E-state index in [0.717, 1.165) is 39.3 Å². The lowest BCUT2D eigenvalue weighted by atomic mass is 10.1. The van der Waals surface area contributed by atoms with Crippen molar-refractivity contribution in [2.45, 2.75) is 12.8 Å². The van der Waals surface area contributed by atoms with Crippen LogP contribution in [0.15, 0.2) is 48.8 Å². The average molecular weight is 613 g/mol. The number of nitrogens with one attached hydrogen (secondary N) is 2. The number of carbonyl (C=O) groups is 2. The third-order valence-corrected chi connectivity index (χ3v) is 7.73. The number of fused-ring (bicyclic) bond motifs is 1. The number of hydrogen-bond acceptors (Lipinski definition) is 8. The van der Waals surface area contributed by atoms with Crippen LogP contribution in [0.3, 0.4) is 0 Å². The van der Waals surface area contributed by atoms with E-state index in [2.05, 4.69) is 20.5 Å². The van der Waals surface area contributed by atoms with Crippen LogP contribution in [-0.2, 0) is 11.2 Å². The van der Waals surface area contributed by atoms with Crippen molar-refractivity contribution in [1.29, 1.82) is 0 Å². The molecule has 1 aliphatic rings. The van der Waals surface area contributed by atoms with E-state index in [9.17, 15) is 9.59 Å². The first-order chi connectivity index (χ1) is 20.4. The van der Waals surface area contributed by atoms with Gasteiger partial charge < -0.3 is 25.8 Å². The summed E-state index contributed by atoms with van der Waals surface area (Å²) in [5, 5.41) is 7.10. The Balaban J connectivity index is 1.38. The molecule has 220 valence electrons. The number of primary amides is 1. The number of carbonyl (C=O) groups excluding carboxylic acids is 2. The SMILES string of the molecule is COc1cc(C(=O)NCCCN2CCOCC2)ccc1Nc1nc(Cc2c(Cl)cccc2Cl)n2ccnc2c1C(N)=O. The highest BCUT2D eigenvalue weighted by Gasteiger charge is 2.22. The summed E-state index contributed by atoms with van der Waals surface area (Å²) in [4.78, 5) is 36.8. The van der Waals surface area contributed by atoms with E-state index in [0.29, 0.717) is 50.6 Å². The molecular formula is C29H31Cl2N7O4. The molecule has 2 aromatic heterocycles. The summed E-state index contributed by atoms with van der Waals surface area (Å²) >= 11 is 12.9. The lowest BCUT2D eigenvalue weighted by Crippen LogP contribution is -2.38. The van der Waals surface area contributed by atoms with Gasteiger partial charge in [0.1, 0.15) is 23.0 Å². The predicted octanol–water partition coefficient (Wildman–Crippen LogP) is 3.93. The van der Waals surface area contributed by atoms with Gasteiger partial charge in [0.2, 0.25) is 0 Å². The fraction of sp³-hybridized carbons (Fsp3) is 0.310. The highest BCUT2D eigenvalue weighted by molar-refractivity contribution is 6.36. The van der Waals surface area contributed by atoms with Gasteiger partial charge in [0.15, 0.2) is 5.65 Å². The Labute approximate surface area is 252 Å². The second-order valence-corrected chi connectivity index (χ2v) is 10.5. The Morgan fingerprint density at radius 2 is 1.90 bits per heavy atom. The number of rotatable bonds is 11. The number of imidazole rings is 1. The highest BCUT2D eigenvalue weighted by Crippen LogP contribution is 2.32. The summed E-state index contributed by atoms with van der Waals surface area (Å²) in [6.07, 6.45) is 4.34. The Hall–Kier alpha value is -3.90. The Morgan fingerprint density at radius 3 is 2.62 bits per heavy atom. The van der Waals surface area contributed by atoms with Crippen molar-refractivity contribution >= 4 is 52.2 Å². The molecule has 0 unspecified atom stereocenters. The molecule has 42 heavy (non-hydrogen) atoms. The molecule has 5 rings (SSSR count). The van der Waals surface area contributed by atoms with Gasteiger partial charge in [-0.25, -0.2) is 9.97 Å². The van der Waals surface area contributed by atoms with Crippen molar-refractivity contribution in [3.8, 4) is 5.75 Å². The minimum Gasteiger partial charge on any atom is -0.495 e. The van der Waals surface area contributed by atoms with Gasteiger partial charge in [-0.15, -0.1) is 0 Å². The smallest absolute Gasteiger partial charge is 0.256 e. The summed E-state index contributed by atoms with van der Waals surface area (Å²) in [5.41, 5.74) is 7.79. The standard InChI is InChI=1S/C29H31Cl2N7O4/c1-41-23-16-18(29(40)34-8-3-10-37-12-14-42-15-13-37)6-7-22(23)35-27-25(26(32)39)28-33-9-11-38(28)24(36-27)17-19-20(30)4-2-5-21(19)31/h2,4-7,9,11,16,35H,3,8,10,12-15,17H2,1H3,(H2,32,39)(H,34,40). The molecule has 3 heterocycles. The van der Waals surface area contributed by atoms with Crippen molar-refractivity contribution < 1.29 is 19.1 Å². The van der Waals surface area contributed by atoms with Gasteiger partial charge in [-0.1, -0.05) is 29.3 Å². The molecule has 2 aromatic carbocycles. The third-order valence-electron chi connectivity index (χ3n) is 7.02. The van der Waals surface area contributed by atoms with Crippen molar-refractivity contribution in [3.63, 3.8) is 0 Å². The number of hydrogen-bond donors (Lipinski definition) is 3. The van der Waals surface area contributed by atoms with Crippen LogP contribution >= 0.6 is 23.2 Å². The summed E-state index contributed by atoms with van der Waals surface area (Å²) in [6, 6.07) is 10.2. The molecule has 0 radical (unpaired) electrons. The quantitative estimate of drug-likeness (QED) is 0.217. The van der Waals surface area contributed by atoms with E-state index in [-0.39, 0.29) is 23.7 Å². The summed E-state index contributed by atoms with van der Waals surface area (Å²) in [6.45, 7) is 4.76. The summed E-state index contributed by atoms with van der Waals surface area (Å²) < 4.78 is 12.6. The van der Waals surface area contributed by atoms with Crippen LogP contribution in [0.5, 0.6) is 5.75 Å². The van der Waals surface area contributed by atoms with Gasteiger partial charge in [0.25, 0.3) is 11.8 Å². The lowest BCUT2D eigenvalue weighted by molar-refractivity contribution is 0.0374. The van der Waals surface area contributed by atoms with E-state index in [4.69, 9.17) is 43.4 Å². The number of nitrogens with two attached hydrogens (primary N) is 1. The number of benzene rings is 2. The largest absolute Gasteiger partial charge is 0.495 e. The first-order valence-corrected chi connectivity index (χ1v) is 14.2. The van der Waals surface area contributed by atoms with E-state index in [1.165, 1.54) is 7.11 Å². The fourth-order valence-corrected chi connectivity index (χ4v) is 5.37. The number of amides is 2. The fourth-order valence-electron chi connectivity index (χ4n) is 4.84. The van der Waals surface area contributed by atoms with Crippen LogP contribution in [-0.4, -0.2) is 77.6 Å². The van der Waals surface area contributed by atoms with Gasteiger partial charge in [0, 0.05) is 54.1 Å². The molecule has 11 nitrogen and oxygen atoms in total. The van der Waals surface area contributed by atoms with Gasteiger partial charge in [-0.05, 0) is 48.9 Å². The van der Waals surface area contributed by atoms with Gasteiger partial charge in [-0.2, -0.15) is 0 Å². The molecule has 13 heteroatoms. The monoisotopic (exact) mass is 611 g/mol. The van der Waals surface area contributed by atoms with Gasteiger partial charge >= 0.3 is 0 Å². The number of morpholine rings is 1. The highest BCUT2D eigenvalue weighted by atomic mass is 35.5. The summed E-state index contributed by atoms with van der Waals surface area (Å²) in [7, 11) is 1.50. The zero-order valence-corrected chi connectivity index (χ0v) is 24.5. The molecule has 4 N–H and O–H groups in total. The molecule has 0 bridgehead atoms. The molecule has 1 saturated heterocycles. The van der Waals surface area contributed by atoms with Gasteiger partial charge in [-0.3, -0.25) is 18.9 Å². The molecule has 4 aromatic rings. The third kappa shape index (κ3) is 6.60. The van der Waals surface area contributed by atoms with Crippen LogP contribution in [0.4, 0.5) is 11.5 Å². The van der Waals surface area contributed by atoms with E-state index in [1.807, 2.05) is 0 Å². The molecule has 1 fully saturated rings. The minimum absolute atomic E-state index is 0.0955. The topological polar surface area (TPSA) is 136 Å². The Kier molecular flexibility index (Phi) is 9.43. The van der Waals surface area contributed by atoms with Crippen LogP contribution < -0.4 is 21.1 Å². The summed E-state index contributed by atoms with van der Waals surface area (Å²) in [5.74, 6) is 0.160. The molecule has 0 atom stereocenters. The normalized spacial score (nSPS) is 13.7. The van der Waals surface area contributed by atoms with Crippen LogP contribution in [0.25, 0.3) is 5.65 Å². The number of ether oxygens (including phenoxy) is 2. The lowest BCUT2D eigenvalue weighted by Gasteiger charge is -2.26. The molecule has 2 amide bonds. The number of methoxy groups -OCH3 is 1. The second kappa shape index (κ2) is 13.4. The maximum atomic E-state index is 12.8. The molecule has 1 aliphatic heterocycles. The van der Waals surface area contributed by atoms with Crippen LogP contribution in [0, 0.1) is 0 Å².